The van der Waals surface area contributed by atoms with E-state index in [-0.39, 0.29) is 11.3 Å². The van der Waals surface area contributed by atoms with Gasteiger partial charge in [0.1, 0.15) is 0 Å². The van der Waals surface area contributed by atoms with Gasteiger partial charge < -0.3 is 9.88 Å². The van der Waals surface area contributed by atoms with Crippen molar-refractivity contribution < 1.29 is 4.79 Å². The lowest BCUT2D eigenvalue weighted by atomic mass is 9.83. The van der Waals surface area contributed by atoms with Crippen LogP contribution in [0.5, 0.6) is 0 Å². The minimum absolute atomic E-state index is 0.132. The van der Waals surface area contributed by atoms with Crippen LogP contribution in [0, 0.1) is 0 Å². The number of anilines is 1. The Hall–Kier alpha value is -2.05. The summed E-state index contributed by atoms with van der Waals surface area (Å²) in [5.41, 5.74) is 2.59. The number of hydrogen-bond acceptors (Lipinski definition) is 4. The number of imidazole rings is 1. The number of thioether (sulfide) groups is 1. The number of fused-ring (bicyclic) bond motifs is 1. The molecule has 0 unspecified atom stereocenters. The fraction of sp³-hybridized carbons (Fsp3) is 0.333. The number of nitrogens with zero attached hydrogens (tertiary/aromatic N) is 2. The van der Waals surface area contributed by atoms with Gasteiger partial charge in [0, 0.05) is 34.6 Å². The van der Waals surface area contributed by atoms with Crippen molar-refractivity contribution in [2.75, 3.05) is 11.1 Å². The molecule has 4 nitrogen and oxygen atoms in total. The molecule has 5 rings (SSSR count). The van der Waals surface area contributed by atoms with Crippen molar-refractivity contribution in [2.45, 2.75) is 42.8 Å². The topological polar surface area (TPSA) is 46.9 Å². The third-order valence-electron chi connectivity index (χ3n) is 5.63. The molecule has 0 atom stereocenters. The highest BCUT2D eigenvalue weighted by Crippen LogP contribution is 2.44. The second kappa shape index (κ2) is 6.84. The van der Waals surface area contributed by atoms with Gasteiger partial charge in [0.2, 0.25) is 5.91 Å². The fourth-order valence-corrected chi connectivity index (χ4v) is 6.07. The van der Waals surface area contributed by atoms with Gasteiger partial charge in [-0.25, -0.2) is 4.98 Å². The van der Waals surface area contributed by atoms with Crippen LogP contribution in [0.15, 0.2) is 53.1 Å². The quantitative estimate of drug-likeness (QED) is 0.663. The highest BCUT2D eigenvalue weighted by Gasteiger charge is 2.43. The van der Waals surface area contributed by atoms with Gasteiger partial charge in [0.05, 0.1) is 11.1 Å². The summed E-state index contributed by atoms with van der Waals surface area (Å²) < 4.78 is 2.21. The van der Waals surface area contributed by atoms with Crippen LogP contribution >= 0.6 is 23.1 Å². The summed E-state index contributed by atoms with van der Waals surface area (Å²) in [6.45, 7) is 1.03. The Morgan fingerprint density at radius 1 is 1.15 bits per heavy atom. The van der Waals surface area contributed by atoms with Gasteiger partial charge >= 0.3 is 0 Å². The van der Waals surface area contributed by atoms with Crippen LogP contribution in [0.1, 0.15) is 30.6 Å². The van der Waals surface area contributed by atoms with Crippen LogP contribution in [0.4, 0.5) is 5.69 Å². The Bertz CT molecular complexity index is 932. The van der Waals surface area contributed by atoms with Crippen LogP contribution < -0.4 is 5.32 Å². The zero-order chi connectivity index (χ0) is 18.3. The molecule has 1 aliphatic carbocycles. The Kier molecular flexibility index (Phi) is 4.32. The maximum absolute atomic E-state index is 13.2. The second-order valence-electron chi connectivity index (χ2n) is 7.25. The van der Waals surface area contributed by atoms with E-state index in [4.69, 9.17) is 4.98 Å². The summed E-state index contributed by atoms with van der Waals surface area (Å²) in [4.78, 5) is 19.1. The molecular weight excluding hydrogens is 374 g/mol. The molecule has 0 radical (unpaired) electrons. The monoisotopic (exact) mass is 395 g/mol. The predicted molar refractivity (Wildman–Crippen MR) is 111 cm³/mol. The molecule has 2 aromatic heterocycles. The lowest BCUT2D eigenvalue weighted by Gasteiger charge is -2.26. The number of carbonyl (C=O) groups is 1. The van der Waals surface area contributed by atoms with Gasteiger partial charge in [0.25, 0.3) is 0 Å². The van der Waals surface area contributed by atoms with E-state index in [1.165, 1.54) is 4.88 Å². The van der Waals surface area contributed by atoms with Crippen LogP contribution in [0.3, 0.4) is 0 Å². The molecule has 27 heavy (non-hydrogen) atoms. The molecule has 3 heterocycles. The number of aryl methyl sites for hydroxylation is 1. The lowest BCUT2D eigenvalue weighted by Crippen LogP contribution is -2.37. The van der Waals surface area contributed by atoms with Crippen molar-refractivity contribution in [2.24, 2.45) is 0 Å². The first-order valence-corrected chi connectivity index (χ1v) is 11.3. The normalized spacial score (nSPS) is 17.8. The van der Waals surface area contributed by atoms with E-state index >= 15 is 0 Å². The van der Waals surface area contributed by atoms with E-state index in [0.29, 0.717) is 0 Å². The summed E-state index contributed by atoms with van der Waals surface area (Å²) in [6, 6.07) is 12.2. The number of carbonyl (C=O) groups excluding carboxylic acids is 1. The molecule has 0 bridgehead atoms. The lowest BCUT2D eigenvalue weighted by molar-refractivity contribution is -0.121. The number of nitrogens with one attached hydrogen (secondary N) is 1. The summed E-state index contributed by atoms with van der Waals surface area (Å²) in [5.74, 6) is 1.24. The maximum atomic E-state index is 13.2. The Morgan fingerprint density at radius 2 is 1.96 bits per heavy atom. The van der Waals surface area contributed by atoms with Gasteiger partial charge in [-0.2, -0.15) is 0 Å². The van der Waals surface area contributed by atoms with E-state index in [9.17, 15) is 4.79 Å². The molecule has 1 N–H and O–H groups in total. The Balaban J connectivity index is 1.35. The molecule has 3 aromatic rings. The third-order valence-corrected chi connectivity index (χ3v) is 7.67. The highest BCUT2D eigenvalue weighted by atomic mass is 32.2. The van der Waals surface area contributed by atoms with Crippen LogP contribution in [0.25, 0.3) is 11.3 Å². The standard InChI is InChI=1S/C21H21N3OS2/c25-19(21(9-1-2-10-21)18-4-3-12-26-18)22-16-7-5-15(6-8-16)17-14-24-11-13-27-20(24)23-17/h3-8,12,14H,1-2,9-11,13H2,(H,22,25). The smallest absolute Gasteiger partial charge is 0.235 e. The van der Waals surface area contributed by atoms with E-state index in [0.717, 1.165) is 60.1 Å². The number of amides is 1. The summed E-state index contributed by atoms with van der Waals surface area (Å²) in [7, 11) is 0. The molecule has 138 valence electrons. The molecule has 6 heteroatoms. The van der Waals surface area contributed by atoms with Crippen LogP contribution in [-0.4, -0.2) is 21.2 Å². The molecule has 1 amide bonds. The number of benzene rings is 1. The Morgan fingerprint density at radius 3 is 2.67 bits per heavy atom. The van der Waals surface area contributed by atoms with Crippen LogP contribution in [-0.2, 0) is 16.8 Å². The van der Waals surface area contributed by atoms with E-state index in [1.807, 2.05) is 30.3 Å². The maximum Gasteiger partial charge on any atom is 0.235 e. The molecule has 1 saturated carbocycles. The molecule has 0 saturated heterocycles. The average Bonchev–Trinajstić information content (AvgIpc) is 3.45. The number of aromatic nitrogens is 2. The van der Waals surface area contributed by atoms with Crippen LogP contribution in [0.2, 0.25) is 0 Å². The minimum atomic E-state index is -0.352. The highest BCUT2D eigenvalue weighted by molar-refractivity contribution is 7.99. The second-order valence-corrected chi connectivity index (χ2v) is 9.26. The first-order chi connectivity index (χ1) is 13.2. The van der Waals surface area contributed by atoms with Crippen molar-refractivity contribution in [3.8, 4) is 11.3 Å². The largest absolute Gasteiger partial charge is 0.325 e. The number of thiophene rings is 1. The number of rotatable bonds is 4. The molecule has 1 aromatic carbocycles. The van der Waals surface area contributed by atoms with Gasteiger partial charge in [-0.3, -0.25) is 4.79 Å². The van der Waals surface area contributed by atoms with E-state index in [2.05, 4.69) is 27.5 Å². The zero-order valence-corrected chi connectivity index (χ0v) is 16.6. The fourth-order valence-electron chi connectivity index (χ4n) is 4.14. The molecule has 2 aliphatic rings. The summed E-state index contributed by atoms with van der Waals surface area (Å²) in [5, 5.41) is 6.33. The SMILES string of the molecule is O=C(Nc1ccc(-c2cn3c(n2)SCC3)cc1)C1(c2cccs2)CCCC1. The van der Waals surface area contributed by atoms with Crippen molar-refractivity contribution >= 4 is 34.7 Å². The summed E-state index contributed by atoms with van der Waals surface area (Å²) >= 11 is 3.50. The van der Waals surface area contributed by atoms with Gasteiger partial charge in [-0.1, -0.05) is 42.8 Å². The predicted octanol–water partition coefficient (Wildman–Crippen LogP) is 5.17. The van der Waals surface area contributed by atoms with Gasteiger partial charge in [-0.05, 0) is 36.4 Å². The van der Waals surface area contributed by atoms with Crippen molar-refractivity contribution in [1.29, 1.82) is 0 Å². The summed E-state index contributed by atoms with van der Waals surface area (Å²) in [6.07, 6.45) is 6.23. The third kappa shape index (κ3) is 3.01. The molecule has 1 fully saturated rings. The van der Waals surface area contributed by atoms with Crippen molar-refractivity contribution in [3.63, 3.8) is 0 Å². The molecule has 1 aliphatic heterocycles. The minimum Gasteiger partial charge on any atom is -0.325 e. The molecular formula is C21H21N3OS2. The first kappa shape index (κ1) is 17.1. The van der Waals surface area contributed by atoms with Gasteiger partial charge in [0.15, 0.2) is 5.16 Å². The van der Waals surface area contributed by atoms with Crippen molar-refractivity contribution in [1.82, 2.24) is 9.55 Å². The molecule has 0 spiro atoms. The van der Waals surface area contributed by atoms with E-state index < -0.39 is 0 Å². The van der Waals surface area contributed by atoms with Gasteiger partial charge in [-0.15, -0.1) is 11.3 Å². The number of hydrogen-bond donors (Lipinski definition) is 1. The zero-order valence-electron chi connectivity index (χ0n) is 15.0. The van der Waals surface area contributed by atoms with E-state index in [1.54, 1.807) is 23.1 Å². The van der Waals surface area contributed by atoms with Crippen molar-refractivity contribution in [3.05, 3.63) is 52.9 Å². The average molecular weight is 396 g/mol. The Labute approximate surface area is 167 Å². The first-order valence-electron chi connectivity index (χ1n) is 9.40.